The molecule has 0 unspecified atom stereocenters. The lowest BCUT2D eigenvalue weighted by molar-refractivity contribution is 0.893. The smallest absolute Gasteiger partial charge is 0.159 e. The van der Waals surface area contributed by atoms with Crippen LogP contribution in [0.25, 0.3) is 16.9 Å². The van der Waals surface area contributed by atoms with Crippen molar-refractivity contribution in [3.05, 3.63) is 76.3 Å². The van der Waals surface area contributed by atoms with Crippen LogP contribution in [-0.4, -0.2) is 24.3 Å². The van der Waals surface area contributed by atoms with E-state index in [4.69, 9.17) is 4.98 Å². The van der Waals surface area contributed by atoms with E-state index in [2.05, 4.69) is 49.9 Å². The van der Waals surface area contributed by atoms with Gasteiger partial charge in [0, 0.05) is 36.0 Å². The molecule has 26 heavy (non-hydrogen) atoms. The number of halogens is 1. The van der Waals surface area contributed by atoms with E-state index >= 15 is 0 Å². The molecule has 0 aliphatic carbocycles. The minimum atomic E-state index is 0.822. The molecular weight excluding hydrogens is 390 g/mol. The molecule has 0 bridgehead atoms. The first-order chi connectivity index (χ1) is 12.6. The number of fused-ring (bicyclic) bond motifs is 1. The third-order valence-electron chi connectivity index (χ3n) is 4.41. The Bertz CT molecular complexity index is 1090. The maximum atomic E-state index is 4.69. The Morgan fingerprint density at radius 1 is 0.962 bits per heavy atom. The Kier molecular flexibility index (Phi) is 4.51. The van der Waals surface area contributed by atoms with Crippen LogP contribution in [0.2, 0.25) is 0 Å². The summed E-state index contributed by atoms with van der Waals surface area (Å²) in [5, 5.41) is 0. The average molecular weight is 408 g/mol. The SMILES string of the molecule is Cc1cc(-c2ncc(CCc3nccn4c(Br)cnc34)cc2C)ccn1. The Morgan fingerprint density at radius 2 is 1.85 bits per heavy atom. The van der Waals surface area contributed by atoms with Crippen molar-refractivity contribution in [1.82, 2.24) is 24.3 Å². The summed E-state index contributed by atoms with van der Waals surface area (Å²) in [6.45, 7) is 4.10. The molecule has 6 heteroatoms. The number of nitrogens with zero attached hydrogens (tertiary/aromatic N) is 5. The molecule has 130 valence electrons. The number of pyridine rings is 2. The van der Waals surface area contributed by atoms with Crippen molar-refractivity contribution in [1.29, 1.82) is 0 Å². The Labute approximate surface area is 160 Å². The van der Waals surface area contributed by atoms with Gasteiger partial charge >= 0.3 is 0 Å². The molecule has 5 nitrogen and oxygen atoms in total. The predicted octanol–water partition coefficient (Wildman–Crippen LogP) is 4.35. The topological polar surface area (TPSA) is 56.0 Å². The zero-order valence-electron chi connectivity index (χ0n) is 14.6. The lowest BCUT2D eigenvalue weighted by Gasteiger charge is -2.09. The second kappa shape index (κ2) is 6.96. The van der Waals surface area contributed by atoms with Crippen LogP contribution in [0.15, 0.2) is 53.8 Å². The first kappa shape index (κ1) is 16.8. The van der Waals surface area contributed by atoms with Crippen molar-refractivity contribution >= 4 is 21.6 Å². The normalized spacial score (nSPS) is 11.2. The summed E-state index contributed by atoms with van der Waals surface area (Å²) in [7, 11) is 0. The van der Waals surface area contributed by atoms with Crippen LogP contribution < -0.4 is 0 Å². The van der Waals surface area contributed by atoms with Crippen LogP contribution in [-0.2, 0) is 12.8 Å². The fourth-order valence-electron chi connectivity index (χ4n) is 3.15. The zero-order valence-corrected chi connectivity index (χ0v) is 16.2. The van der Waals surface area contributed by atoms with Gasteiger partial charge in [-0.25, -0.2) is 4.98 Å². The van der Waals surface area contributed by atoms with Gasteiger partial charge in [-0.1, -0.05) is 6.07 Å². The molecule has 0 aliphatic heterocycles. The van der Waals surface area contributed by atoms with E-state index in [9.17, 15) is 0 Å². The van der Waals surface area contributed by atoms with Gasteiger partial charge in [0.25, 0.3) is 0 Å². The third-order valence-corrected chi connectivity index (χ3v) is 5.00. The molecule has 0 saturated carbocycles. The van der Waals surface area contributed by atoms with Crippen molar-refractivity contribution in [3.63, 3.8) is 0 Å². The van der Waals surface area contributed by atoms with Gasteiger partial charge in [0.05, 0.1) is 17.6 Å². The number of rotatable bonds is 4. The van der Waals surface area contributed by atoms with Gasteiger partial charge in [-0.3, -0.25) is 19.4 Å². The molecule has 4 aromatic heterocycles. The summed E-state index contributed by atoms with van der Waals surface area (Å²) in [5.74, 6) is 0. The molecule has 0 atom stereocenters. The monoisotopic (exact) mass is 407 g/mol. The highest BCUT2D eigenvalue weighted by atomic mass is 79.9. The van der Waals surface area contributed by atoms with Crippen LogP contribution in [0, 0.1) is 13.8 Å². The summed E-state index contributed by atoms with van der Waals surface area (Å²) >= 11 is 3.50. The summed E-state index contributed by atoms with van der Waals surface area (Å²) in [5.41, 5.74) is 7.37. The van der Waals surface area contributed by atoms with E-state index in [0.29, 0.717) is 0 Å². The largest absolute Gasteiger partial charge is 0.291 e. The van der Waals surface area contributed by atoms with E-state index < -0.39 is 0 Å². The summed E-state index contributed by atoms with van der Waals surface area (Å²) in [6.07, 6.45) is 11.0. The quantitative estimate of drug-likeness (QED) is 0.504. The summed E-state index contributed by atoms with van der Waals surface area (Å²) in [6, 6.07) is 6.28. The molecule has 0 amide bonds. The highest BCUT2D eigenvalue weighted by molar-refractivity contribution is 9.10. The number of hydrogen-bond acceptors (Lipinski definition) is 4. The fourth-order valence-corrected chi connectivity index (χ4v) is 3.54. The Balaban J connectivity index is 1.56. The minimum Gasteiger partial charge on any atom is -0.291 e. The van der Waals surface area contributed by atoms with Crippen molar-refractivity contribution in [2.75, 3.05) is 0 Å². The van der Waals surface area contributed by atoms with Gasteiger partial charge in [0.1, 0.15) is 4.60 Å². The first-order valence-electron chi connectivity index (χ1n) is 8.47. The lowest BCUT2D eigenvalue weighted by atomic mass is 10.0. The van der Waals surface area contributed by atoms with Crippen molar-refractivity contribution < 1.29 is 0 Å². The van der Waals surface area contributed by atoms with E-state index in [1.165, 1.54) is 11.1 Å². The second-order valence-corrected chi connectivity index (χ2v) is 7.16. The molecular formula is C20H18BrN5. The number of imidazole rings is 1. The molecule has 4 rings (SSSR count). The minimum absolute atomic E-state index is 0.822. The van der Waals surface area contributed by atoms with Crippen molar-refractivity contribution in [2.24, 2.45) is 0 Å². The van der Waals surface area contributed by atoms with Crippen LogP contribution in [0.1, 0.15) is 22.5 Å². The summed E-state index contributed by atoms with van der Waals surface area (Å²) < 4.78 is 2.94. The standard InChI is InChI=1S/C20H18BrN5/c1-13-9-15(11-24-19(13)16-5-6-22-14(2)10-16)3-4-17-20-25-12-18(21)26(20)8-7-23-17/h5-12H,3-4H2,1-2H3. The molecule has 0 saturated heterocycles. The highest BCUT2D eigenvalue weighted by Crippen LogP contribution is 2.22. The molecule has 0 N–H and O–H groups in total. The Hall–Kier alpha value is -2.60. The van der Waals surface area contributed by atoms with Gasteiger partial charge in [0.15, 0.2) is 5.65 Å². The van der Waals surface area contributed by atoms with E-state index in [1.807, 2.05) is 42.2 Å². The maximum Gasteiger partial charge on any atom is 0.159 e. The van der Waals surface area contributed by atoms with Gasteiger partial charge in [0.2, 0.25) is 0 Å². The van der Waals surface area contributed by atoms with Gasteiger partial charge in [-0.15, -0.1) is 0 Å². The van der Waals surface area contributed by atoms with Crippen LogP contribution in [0.4, 0.5) is 0 Å². The number of hydrogen-bond donors (Lipinski definition) is 0. The number of aryl methyl sites for hydroxylation is 4. The third kappa shape index (κ3) is 3.24. The first-order valence-corrected chi connectivity index (χ1v) is 9.26. The highest BCUT2D eigenvalue weighted by Gasteiger charge is 2.09. The zero-order chi connectivity index (χ0) is 18.1. The summed E-state index contributed by atoms with van der Waals surface area (Å²) in [4.78, 5) is 17.9. The molecule has 0 aliphatic rings. The predicted molar refractivity (Wildman–Crippen MR) is 105 cm³/mol. The average Bonchev–Trinajstić information content (AvgIpc) is 3.02. The molecule has 0 spiro atoms. The van der Waals surface area contributed by atoms with E-state index in [-0.39, 0.29) is 0 Å². The second-order valence-electron chi connectivity index (χ2n) is 6.34. The molecule has 4 heterocycles. The Morgan fingerprint density at radius 3 is 2.65 bits per heavy atom. The van der Waals surface area contributed by atoms with Crippen LogP contribution in [0.5, 0.6) is 0 Å². The van der Waals surface area contributed by atoms with Crippen molar-refractivity contribution in [3.8, 4) is 11.3 Å². The molecule has 0 fully saturated rings. The van der Waals surface area contributed by atoms with Gasteiger partial charge in [-0.2, -0.15) is 0 Å². The number of aromatic nitrogens is 5. The maximum absolute atomic E-state index is 4.69. The fraction of sp³-hybridized carbons (Fsp3) is 0.200. The van der Waals surface area contributed by atoms with Gasteiger partial charge < -0.3 is 0 Å². The van der Waals surface area contributed by atoms with Crippen LogP contribution >= 0.6 is 15.9 Å². The van der Waals surface area contributed by atoms with Crippen molar-refractivity contribution in [2.45, 2.75) is 26.7 Å². The van der Waals surface area contributed by atoms with Crippen LogP contribution in [0.3, 0.4) is 0 Å². The molecule has 0 aromatic carbocycles. The van der Waals surface area contributed by atoms with E-state index in [1.54, 1.807) is 6.20 Å². The molecule has 4 aromatic rings. The molecule has 0 radical (unpaired) electrons. The van der Waals surface area contributed by atoms with E-state index in [0.717, 1.165) is 45.7 Å². The van der Waals surface area contributed by atoms with Gasteiger partial charge in [-0.05, 0) is 65.9 Å². The lowest BCUT2D eigenvalue weighted by Crippen LogP contribution is -2.00.